The van der Waals surface area contributed by atoms with Gasteiger partial charge in [0.05, 0.1) is 0 Å². The molecule has 2 aliphatic carbocycles. The van der Waals surface area contributed by atoms with Crippen molar-refractivity contribution < 1.29 is 8.78 Å². The van der Waals surface area contributed by atoms with Crippen molar-refractivity contribution in [2.24, 2.45) is 5.92 Å². The molecule has 0 radical (unpaired) electrons. The Labute approximate surface area is 231 Å². The fourth-order valence-corrected chi connectivity index (χ4v) is 5.51. The summed E-state index contributed by atoms with van der Waals surface area (Å²) in [6.45, 7) is 2.15. The van der Waals surface area contributed by atoms with Crippen LogP contribution in [-0.4, -0.2) is 15.0 Å². The number of allylic oxidation sites excluding steroid dienone is 4. The molecule has 1 atom stereocenters. The number of nitrogens with zero attached hydrogens (tertiary/aromatic N) is 3. The van der Waals surface area contributed by atoms with Crippen molar-refractivity contribution >= 4 is 5.57 Å². The van der Waals surface area contributed by atoms with Crippen LogP contribution >= 0.6 is 0 Å². The number of aromatic nitrogens is 3. The van der Waals surface area contributed by atoms with E-state index in [0.717, 1.165) is 28.7 Å². The second-order valence-electron chi connectivity index (χ2n) is 10.4. The van der Waals surface area contributed by atoms with Gasteiger partial charge in [0.2, 0.25) is 0 Å². The standard InChI is InChI=1S/C35H25F2N3/c1-22-9-8-14-26(19-22)33-38-32(24-12-6-3-7-13-24)39-34(40-33)27-16-18-29-28-17-15-25(23-10-4-2-5-11-23)20-30(28)35(36,37)31(29)21-27/h2-8,10-22H,9H2,1H3. The van der Waals surface area contributed by atoms with Crippen LogP contribution in [0.2, 0.25) is 0 Å². The van der Waals surface area contributed by atoms with Gasteiger partial charge in [-0.2, -0.15) is 8.78 Å². The van der Waals surface area contributed by atoms with E-state index in [-0.39, 0.29) is 11.1 Å². The highest BCUT2D eigenvalue weighted by Crippen LogP contribution is 2.52. The number of hydrogen-bond donors (Lipinski definition) is 0. The van der Waals surface area contributed by atoms with Crippen molar-refractivity contribution in [1.29, 1.82) is 0 Å². The SMILES string of the molecule is CC1C=C(c2nc(-c3ccccc3)nc(-c3ccc4c(c3)C(F)(F)c3cc(-c5ccccc5)ccc3-4)n2)C=CC1. The molecule has 0 aliphatic heterocycles. The van der Waals surface area contributed by atoms with Gasteiger partial charge in [0.25, 0.3) is 5.92 Å². The van der Waals surface area contributed by atoms with E-state index in [1.54, 1.807) is 24.3 Å². The first kappa shape index (κ1) is 24.3. The van der Waals surface area contributed by atoms with Crippen LogP contribution in [0.3, 0.4) is 0 Å². The normalized spacial score (nSPS) is 16.8. The lowest BCUT2D eigenvalue weighted by Gasteiger charge is -2.15. The molecular weight excluding hydrogens is 500 g/mol. The van der Waals surface area contributed by atoms with Crippen molar-refractivity contribution in [3.63, 3.8) is 0 Å². The van der Waals surface area contributed by atoms with Crippen LogP contribution in [-0.2, 0) is 5.92 Å². The Hall–Kier alpha value is -4.77. The molecule has 5 aromatic rings. The van der Waals surface area contributed by atoms with Crippen molar-refractivity contribution in [2.45, 2.75) is 19.3 Å². The van der Waals surface area contributed by atoms with Crippen LogP contribution in [0.15, 0.2) is 115 Å². The molecule has 0 saturated carbocycles. The van der Waals surface area contributed by atoms with E-state index in [9.17, 15) is 0 Å². The minimum atomic E-state index is -3.15. The van der Waals surface area contributed by atoms with Crippen LogP contribution in [0.1, 0.15) is 30.3 Å². The van der Waals surface area contributed by atoms with Crippen molar-refractivity contribution in [2.75, 3.05) is 0 Å². The molecular formula is C35H25F2N3. The zero-order chi connectivity index (χ0) is 27.3. The monoisotopic (exact) mass is 525 g/mol. The van der Waals surface area contributed by atoms with Gasteiger partial charge in [0, 0.05) is 27.8 Å². The Bertz CT molecular complexity index is 1810. The zero-order valence-electron chi connectivity index (χ0n) is 21.9. The maximum Gasteiger partial charge on any atom is 0.299 e. The topological polar surface area (TPSA) is 38.7 Å². The van der Waals surface area contributed by atoms with Crippen LogP contribution in [0, 0.1) is 5.92 Å². The fraction of sp³-hybridized carbons (Fsp3) is 0.114. The van der Waals surface area contributed by atoms with Crippen molar-refractivity contribution in [3.8, 4) is 45.0 Å². The lowest BCUT2D eigenvalue weighted by atomic mass is 9.97. The fourth-order valence-electron chi connectivity index (χ4n) is 5.51. The third-order valence-corrected chi connectivity index (χ3v) is 7.57. The quantitative estimate of drug-likeness (QED) is 0.235. The molecule has 0 fully saturated rings. The molecule has 194 valence electrons. The lowest BCUT2D eigenvalue weighted by molar-refractivity contribution is 0.0481. The minimum Gasteiger partial charge on any atom is -0.208 e. The van der Waals surface area contributed by atoms with Crippen LogP contribution in [0.25, 0.3) is 50.6 Å². The van der Waals surface area contributed by atoms with E-state index in [1.807, 2.05) is 78.9 Å². The molecule has 1 aromatic heterocycles. The predicted molar refractivity (Wildman–Crippen MR) is 155 cm³/mol. The summed E-state index contributed by atoms with van der Waals surface area (Å²) in [4.78, 5) is 14.3. The zero-order valence-corrected chi connectivity index (χ0v) is 21.9. The number of alkyl halides is 2. The van der Waals surface area contributed by atoms with Crippen molar-refractivity contribution in [3.05, 3.63) is 132 Å². The highest BCUT2D eigenvalue weighted by atomic mass is 19.3. The Morgan fingerprint density at radius 2 is 1.18 bits per heavy atom. The van der Waals surface area contributed by atoms with E-state index in [1.165, 1.54) is 0 Å². The average Bonchev–Trinajstić information content (AvgIpc) is 3.23. The predicted octanol–water partition coefficient (Wildman–Crippen LogP) is 8.97. The third-order valence-electron chi connectivity index (χ3n) is 7.57. The van der Waals surface area contributed by atoms with Gasteiger partial charge in [-0.25, -0.2) is 15.0 Å². The summed E-state index contributed by atoms with van der Waals surface area (Å²) in [7, 11) is 0. The Balaban J connectivity index is 1.35. The maximum absolute atomic E-state index is 16.0. The molecule has 3 nitrogen and oxygen atoms in total. The van der Waals surface area contributed by atoms with Gasteiger partial charge in [-0.05, 0) is 46.7 Å². The molecule has 1 heterocycles. The number of halogens is 2. The lowest BCUT2D eigenvalue weighted by Crippen LogP contribution is -2.11. The summed E-state index contributed by atoms with van der Waals surface area (Å²) in [6, 6.07) is 29.7. The summed E-state index contributed by atoms with van der Waals surface area (Å²) in [6.07, 6.45) is 7.24. The summed E-state index contributed by atoms with van der Waals surface area (Å²) < 4.78 is 32.0. The van der Waals surface area contributed by atoms with Crippen molar-refractivity contribution in [1.82, 2.24) is 15.0 Å². The highest BCUT2D eigenvalue weighted by molar-refractivity contribution is 5.84. The number of hydrogen-bond acceptors (Lipinski definition) is 3. The van der Waals surface area contributed by atoms with E-state index in [2.05, 4.69) is 19.1 Å². The van der Waals surface area contributed by atoms with E-state index < -0.39 is 5.92 Å². The number of fused-ring (bicyclic) bond motifs is 3. The molecule has 0 spiro atoms. The van der Waals surface area contributed by atoms with Crippen LogP contribution in [0.5, 0.6) is 0 Å². The summed E-state index contributed by atoms with van der Waals surface area (Å²) in [5.41, 5.74) is 5.04. The van der Waals surface area contributed by atoms with Gasteiger partial charge < -0.3 is 0 Å². The molecule has 5 heteroatoms. The van der Waals surface area contributed by atoms with Gasteiger partial charge in [-0.15, -0.1) is 0 Å². The second kappa shape index (κ2) is 9.45. The summed E-state index contributed by atoms with van der Waals surface area (Å²) >= 11 is 0. The van der Waals surface area contributed by atoms with E-state index in [4.69, 9.17) is 15.0 Å². The summed E-state index contributed by atoms with van der Waals surface area (Å²) in [5, 5.41) is 0. The minimum absolute atomic E-state index is 0.0220. The van der Waals surface area contributed by atoms with Crippen LogP contribution in [0.4, 0.5) is 8.78 Å². The molecule has 0 saturated heterocycles. The maximum atomic E-state index is 16.0. The Kier molecular flexibility index (Phi) is 5.74. The molecule has 2 aliphatic rings. The smallest absolute Gasteiger partial charge is 0.208 e. The first-order chi connectivity index (χ1) is 19.5. The van der Waals surface area contributed by atoms with Gasteiger partial charge in [-0.1, -0.05) is 110 Å². The molecule has 7 rings (SSSR count). The largest absolute Gasteiger partial charge is 0.299 e. The van der Waals surface area contributed by atoms with E-state index >= 15 is 8.78 Å². The van der Waals surface area contributed by atoms with Gasteiger partial charge in [0.15, 0.2) is 17.5 Å². The highest BCUT2D eigenvalue weighted by Gasteiger charge is 2.44. The molecule has 1 unspecified atom stereocenters. The number of benzene rings is 4. The Morgan fingerprint density at radius 1 is 0.625 bits per heavy atom. The van der Waals surface area contributed by atoms with Crippen LogP contribution < -0.4 is 0 Å². The second-order valence-corrected chi connectivity index (χ2v) is 10.4. The molecule has 0 amide bonds. The first-order valence-corrected chi connectivity index (χ1v) is 13.4. The summed E-state index contributed by atoms with van der Waals surface area (Å²) in [5.74, 6) is -1.37. The van der Waals surface area contributed by atoms with Gasteiger partial charge in [-0.3, -0.25) is 0 Å². The number of rotatable bonds is 4. The Morgan fingerprint density at radius 3 is 1.82 bits per heavy atom. The molecule has 40 heavy (non-hydrogen) atoms. The molecule has 4 aromatic carbocycles. The molecule has 0 N–H and O–H groups in total. The first-order valence-electron chi connectivity index (χ1n) is 13.4. The third kappa shape index (κ3) is 4.15. The van der Waals surface area contributed by atoms with Gasteiger partial charge >= 0.3 is 0 Å². The average molecular weight is 526 g/mol. The van der Waals surface area contributed by atoms with E-state index in [0.29, 0.717) is 40.1 Å². The van der Waals surface area contributed by atoms with Gasteiger partial charge in [0.1, 0.15) is 0 Å². The molecule has 0 bridgehead atoms.